The molecule has 0 amide bonds. The first kappa shape index (κ1) is 16.7. The largest absolute Gasteiger partial charge is 0.493 e. The summed E-state index contributed by atoms with van der Waals surface area (Å²) in [6.45, 7) is 1.84. The summed E-state index contributed by atoms with van der Waals surface area (Å²) in [5, 5.41) is 0.783. The molecule has 0 aliphatic rings. The number of methoxy groups -OCH3 is 2. The van der Waals surface area contributed by atoms with Gasteiger partial charge < -0.3 is 14.4 Å². The normalized spacial score (nSPS) is 10.8. The maximum atomic E-state index is 6.02. The van der Waals surface area contributed by atoms with E-state index in [9.17, 15) is 0 Å². The van der Waals surface area contributed by atoms with Crippen LogP contribution in [0, 0.1) is 0 Å². The number of hydrogen-bond donors (Lipinski definition) is 0. The standard InChI is InChI=1S/C18H22ClNO2/c1-20(13-15-5-4-6-16(19)11-15)10-9-14-7-8-17(21-2)18(12-14)22-3/h4-8,11-12H,9-10,13H2,1-3H3. The molecular weight excluding hydrogens is 298 g/mol. The van der Waals surface area contributed by atoms with E-state index in [4.69, 9.17) is 21.1 Å². The van der Waals surface area contributed by atoms with Crippen molar-refractivity contribution < 1.29 is 9.47 Å². The average molecular weight is 320 g/mol. The summed E-state index contributed by atoms with van der Waals surface area (Å²) >= 11 is 6.02. The second kappa shape index (κ2) is 8.06. The van der Waals surface area contributed by atoms with Crippen LogP contribution in [0.2, 0.25) is 5.02 Å². The van der Waals surface area contributed by atoms with Crippen molar-refractivity contribution in [2.45, 2.75) is 13.0 Å². The van der Waals surface area contributed by atoms with E-state index in [-0.39, 0.29) is 0 Å². The molecule has 0 atom stereocenters. The molecule has 0 aliphatic heterocycles. The van der Waals surface area contributed by atoms with Crippen LogP contribution in [0.4, 0.5) is 0 Å². The molecule has 0 N–H and O–H groups in total. The van der Waals surface area contributed by atoms with Gasteiger partial charge in [-0.15, -0.1) is 0 Å². The monoisotopic (exact) mass is 319 g/mol. The van der Waals surface area contributed by atoms with Crippen LogP contribution in [0.1, 0.15) is 11.1 Å². The van der Waals surface area contributed by atoms with Crippen molar-refractivity contribution in [3.8, 4) is 11.5 Å². The molecule has 2 rings (SSSR count). The predicted octanol–water partition coefficient (Wildman–Crippen LogP) is 4.03. The van der Waals surface area contributed by atoms with Crippen LogP contribution >= 0.6 is 11.6 Å². The van der Waals surface area contributed by atoms with Crippen LogP contribution in [0.5, 0.6) is 11.5 Å². The Morgan fingerprint density at radius 1 is 0.955 bits per heavy atom. The zero-order valence-corrected chi connectivity index (χ0v) is 14.1. The number of nitrogens with zero attached hydrogens (tertiary/aromatic N) is 1. The van der Waals surface area contributed by atoms with Crippen LogP contribution in [0.3, 0.4) is 0 Å². The lowest BCUT2D eigenvalue weighted by Crippen LogP contribution is -2.20. The Labute approximate surface area is 137 Å². The Hall–Kier alpha value is -1.71. The van der Waals surface area contributed by atoms with Crippen molar-refractivity contribution in [2.24, 2.45) is 0 Å². The molecule has 0 saturated carbocycles. The molecule has 0 saturated heterocycles. The molecule has 118 valence electrons. The summed E-state index contributed by atoms with van der Waals surface area (Å²) < 4.78 is 10.6. The molecule has 0 heterocycles. The molecule has 0 unspecified atom stereocenters. The highest BCUT2D eigenvalue weighted by molar-refractivity contribution is 6.30. The van der Waals surface area contributed by atoms with Gasteiger partial charge in [-0.05, 0) is 48.9 Å². The van der Waals surface area contributed by atoms with Gasteiger partial charge >= 0.3 is 0 Å². The Morgan fingerprint density at radius 2 is 1.73 bits per heavy atom. The van der Waals surface area contributed by atoms with E-state index in [1.807, 2.05) is 30.3 Å². The number of hydrogen-bond acceptors (Lipinski definition) is 3. The van der Waals surface area contributed by atoms with Gasteiger partial charge in [0.05, 0.1) is 14.2 Å². The first-order chi connectivity index (χ1) is 10.6. The summed E-state index contributed by atoms with van der Waals surface area (Å²) in [7, 11) is 5.42. The van der Waals surface area contributed by atoms with Gasteiger partial charge in [-0.25, -0.2) is 0 Å². The summed E-state index contributed by atoms with van der Waals surface area (Å²) in [5.74, 6) is 1.54. The fourth-order valence-electron chi connectivity index (χ4n) is 2.38. The van der Waals surface area contributed by atoms with E-state index >= 15 is 0 Å². The first-order valence-electron chi connectivity index (χ1n) is 7.26. The van der Waals surface area contributed by atoms with Crippen molar-refractivity contribution >= 4 is 11.6 Å². The Kier molecular flexibility index (Phi) is 6.10. The minimum absolute atomic E-state index is 0.763. The van der Waals surface area contributed by atoms with E-state index in [1.165, 1.54) is 11.1 Å². The molecule has 0 aromatic heterocycles. The fourth-order valence-corrected chi connectivity index (χ4v) is 2.60. The summed E-state index contributed by atoms with van der Waals surface area (Å²) in [6, 6.07) is 14.0. The lowest BCUT2D eigenvalue weighted by molar-refractivity contribution is 0.330. The zero-order valence-electron chi connectivity index (χ0n) is 13.3. The van der Waals surface area contributed by atoms with E-state index < -0.39 is 0 Å². The summed E-state index contributed by atoms with van der Waals surface area (Å²) in [6.07, 6.45) is 0.956. The van der Waals surface area contributed by atoms with Gasteiger partial charge in [0.1, 0.15) is 0 Å². The third kappa shape index (κ3) is 4.65. The zero-order chi connectivity index (χ0) is 15.9. The molecular formula is C18H22ClNO2. The topological polar surface area (TPSA) is 21.7 Å². The summed E-state index contributed by atoms with van der Waals surface area (Å²) in [4.78, 5) is 2.28. The third-order valence-electron chi connectivity index (χ3n) is 3.57. The first-order valence-corrected chi connectivity index (χ1v) is 7.64. The van der Waals surface area contributed by atoms with Gasteiger partial charge in [-0.2, -0.15) is 0 Å². The van der Waals surface area contributed by atoms with Crippen LogP contribution in [0.25, 0.3) is 0 Å². The molecule has 22 heavy (non-hydrogen) atoms. The van der Waals surface area contributed by atoms with Gasteiger partial charge in [-0.1, -0.05) is 29.8 Å². The van der Waals surface area contributed by atoms with Crippen molar-refractivity contribution in [3.05, 3.63) is 58.6 Å². The fraction of sp³-hybridized carbons (Fsp3) is 0.333. The number of rotatable bonds is 7. The number of halogens is 1. The lowest BCUT2D eigenvalue weighted by Gasteiger charge is -2.17. The van der Waals surface area contributed by atoms with Gasteiger partial charge in [0.25, 0.3) is 0 Å². The van der Waals surface area contributed by atoms with Crippen LogP contribution in [-0.4, -0.2) is 32.7 Å². The Morgan fingerprint density at radius 3 is 2.41 bits per heavy atom. The molecule has 0 spiro atoms. The van der Waals surface area contributed by atoms with E-state index in [0.29, 0.717) is 0 Å². The molecule has 0 bridgehead atoms. The quantitative estimate of drug-likeness (QED) is 0.769. The minimum atomic E-state index is 0.763. The molecule has 0 fully saturated rings. The predicted molar refractivity (Wildman–Crippen MR) is 91.0 cm³/mol. The number of likely N-dealkylation sites (N-methyl/N-ethyl adjacent to an activating group) is 1. The summed E-state index contributed by atoms with van der Waals surface area (Å²) in [5.41, 5.74) is 2.46. The maximum Gasteiger partial charge on any atom is 0.160 e. The molecule has 4 heteroatoms. The second-order valence-corrected chi connectivity index (χ2v) is 5.74. The van der Waals surface area contributed by atoms with Gasteiger partial charge in [0.2, 0.25) is 0 Å². The van der Waals surface area contributed by atoms with Crippen LogP contribution in [0.15, 0.2) is 42.5 Å². The molecule has 2 aromatic rings. The Balaban J connectivity index is 1.92. The molecule has 2 aromatic carbocycles. The van der Waals surface area contributed by atoms with Gasteiger partial charge in [0.15, 0.2) is 11.5 Å². The van der Waals surface area contributed by atoms with E-state index in [1.54, 1.807) is 14.2 Å². The van der Waals surface area contributed by atoms with Crippen LogP contribution in [-0.2, 0) is 13.0 Å². The van der Waals surface area contributed by atoms with Crippen LogP contribution < -0.4 is 9.47 Å². The number of benzene rings is 2. The maximum absolute atomic E-state index is 6.02. The minimum Gasteiger partial charge on any atom is -0.493 e. The molecule has 3 nitrogen and oxygen atoms in total. The Bertz CT molecular complexity index is 616. The van der Waals surface area contributed by atoms with Crippen molar-refractivity contribution in [1.82, 2.24) is 4.90 Å². The van der Waals surface area contributed by atoms with Crippen molar-refractivity contribution in [1.29, 1.82) is 0 Å². The smallest absolute Gasteiger partial charge is 0.160 e. The van der Waals surface area contributed by atoms with Crippen molar-refractivity contribution in [3.63, 3.8) is 0 Å². The highest BCUT2D eigenvalue weighted by Gasteiger charge is 2.06. The van der Waals surface area contributed by atoms with E-state index in [2.05, 4.69) is 24.1 Å². The molecule has 0 radical (unpaired) electrons. The van der Waals surface area contributed by atoms with Crippen molar-refractivity contribution in [2.75, 3.05) is 27.8 Å². The average Bonchev–Trinajstić information content (AvgIpc) is 2.52. The highest BCUT2D eigenvalue weighted by atomic mass is 35.5. The second-order valence-electron chi connectivity index (χ2n) is 5.31. The van der Waals surface area contributed by atoms with Gasteiger partial charge in [-0.3, -0.25) is 0 Å². The SMILES string of the molecule is COc1ccc(CCN(C)Cc2cccc(Cl)c2)cc1OC. The van der Waals surface area contributed by atoms with Gasteiger partial charge in [0, 0.05) is 18.1 Å². The van der Waals surface area contributed by atoms with E-state index in [0.717, 1.165) is 36.0 Å². The third-order valence-corrected chi connectivity index (χ3v) is 3.81. The lowest BCUT2D eigenvalue weighted by atomic mass is 10.1. The highest BCUT2D eigenvalue weighted by Crippen LogP contribution is 2.27. The number of ether oxygens (including phenoxy) is 2. The molecule has 0 aliphatic carbocycles.